The smallest absolute Gasteiger partial charge is 0.279 e. The molecule has 2 amide bonds. The van der Waals surface area contributed by atoms with Crippen molar-refractivity contribution < 1.29 is 14.5 Å². The molecule has 154 valence electrons. The van der Waals surface area contributed by atoms with Gasteiger partial charge in [-0.3, -0.25) is 9.59 Å². The Morgan fingerprint density at radius 2 is 1.43 bits per heavy atom. The molecule has 5 heteroatoms. The molecule has 0 aliphatic rings. The van der Waals surface area contributed by atoms with Gasteiger partial charge in [0.2, 0.25) is 0 Å². The highest BCUT2D eigenvalue weighted by Gasteiger charge is 2.13. The largest absolute Gasteiger partial charge is 0.326 e. The molecule has 3 rings (SSSR count). The van der Waals surface area contributed by atoms with Gasteiger partial charge in [-0.15, -0.1) is 0 Å². The summed E-state index contributed by atoms with van der Waals surface area (Å²) in [5, 5.41) is 5.91. The minimum atomic E-state index is -0.138. The quantitative estimate of drug-likeness (QED) is 0.568. The molecular weight excluding hydrogens is 374 g/mol. The summed E-state index contributed by atoms with van der Waals surface area (Å²) in [4.78, 5) is 25.9. The average molecular weight is 403 g/mol. The van der Waals surface area contributed by atoms with Crippen molar-refractivity contribution in [2.75, 3.05) is 24.2 Å². The third kappa shape index (κ3) is 5.78. The molecule has 3 aromatic carbocycles. The van der Waals surface area contributed by atoms with E-state index in [0.29, 0.717) is 18.7 Å². The minimum absolute atomic E-state index is 0.0104. The van der Waals surface area contributed by atoms with Gasteiger partial charge in [-0.05, 0) is 49.2 Å². The van der Waals surface area contributed by atoms with E-state index in [1.807, 2.05) is 93.7 Å². The van der Waals surface area contributed by atoms with Gasteiger partial charge in [0.25, 0.3) is 11.8 Å². The molecule has 0 heterocycles. The maximum Gasteiger partial charge on any atom is 0.279 e. The number of quaternary nitrogens is 1. The number of anilines is 2. The summed E-state index contributed by atoms with van der Waals surface area (Å²) in [6.07, 6.45) is 0. The molecule has 3 aromatic rings. The van der Waals surface area contributed by atoms with Crippen LogP contribution in [0.15, 0.2) is 72.8 Å². The molecule has 3 N–H and O–H groups in total. The van der Waals surface area contributed by atoms with E-state index in [9.17, 15) is 9.59 Å². The molecule has 1 unspecified atom stereocenters. The van der Waals surface area contributed by atoms with Crippen LogP contribution < -0.4 is 15.5 Å². The molecule has 0 radical (unpaired) electrons. The van der Waals surface area contributed by atoms with Crippen LogP contribution in [0.5, 0.6) is 0 Å². The highest BCUT2D eigenvalue weighted by atomic mass is 16.2. The molecule has 0 aliphatic carbocycles. The van der Waals surface area contributed by atoms with E-state index < -0.39 is 0 Å². The van der Waals surface area contributed by atoms with E-state index in [1.54, 1.807) is 0 Å². The number of hydrogen-bond donors (Lipinski definition) is 3. The second-order valence-corrected chi connectivity index (χ2v) is 7.64. The minimum Gasteiger partial charge on any atom is -0.326 e. The van der Waals surface area contributed by atoms with Gasteiger partial charge in [0, 0.05) is 22.5 Å². The predicted octanol–water partition coefficient (Wildman–Crippen LogP) is 3.21. The molecule has 1 atom stereocenters. The third-order valence-corrected chi connectivity index (χ3v) is 4.96. The van der Waals surface area contributed by atoms with E-state index in [4.69, 9.17) is 0 Å². The Hall–Kier alpha value is -3.44. The van der Waals surface area contributed by atoms with Crippen molar-refractivity contribution in [3.05, 3.63) is 95.1 Å². The lowest BCUT2D eigenvalue weighted by Gasteiger charge is -2.16. The van der Waals surface area contributed by atoms with Crippen LogP contribution in [0, 0.1) is 13.8 Å². The topological polar surface area (TPSA) is 62.6 Å². The summed E-state index contributed by atoms with van der Waals surface area (Å²) < 4.78 is 0. The van der Waals surface area contributed by atoms with E-state index in [-0.39, 0.29) is 11.8 Å². The van der Waals surface area contributed by atoms with Crippen LogP contribution in [0.4, 0.5) is 11.4 Å². The van der Waals surface area contributed by atoms with Crippen molar-refractivity contribution in [2.45, 2.75) is 20.4 Å². The van der Waals surface area contributed by atoms with Crippen molar-refractivity contribution in [1.29, 1.82) is 0 Å². The van der Waals surface area contributed by atoms with Crippen molar-refractivity contribution in [1.82, 2.24) is 0 Å². The Kier molecular flexibility index (Phi) is 6.99. The Balaban J connectivity index is 1.53. The fraction of sp³-hybridized carbons (Fsp3) is 0.200. The number of para-hydroxylation sites is 2. The fourth-order valence-corrected chi connectivity index (χ4v) is 3.38. The van der Waals surface area contributed by atoms with E-state index in [0.717, 1.165) is 33.0 Å². The number of hydrogen-bond acceptors (Lipinski definition) is 2. The molecule has 5 nitrogen and oxygen atoms in total. The standard InChI is InChI=1S/C25H27N3O2/c1-18-8-7-9-19(2)24(18)27-23(29)17-28(3)16-20-12-14-21(15-13-20)25(30)26-22-10-5-4-6-11-22/h4-15H,16-17H2,1-3H3,(H,26,30)(H,27,29)/p+1. The Labute approximate surface area is 177 Å². The summed E-state index contributed by atoms with van der Waals surface area (Å²) in [6.45, 7) is 5.05. The van der Waals surface area contributed by atoms with Crippen molar-refractivity contribution in [2.24, 2.45) is 0 Å². The molecule has 0 aliphatic heterocycles. The van der Waals surface area contributed by atoms with Gasteiger partial charge < -0.3 is 15.5 Å². The predicted molar refractivity (Wildman–Crippen MR) is 121 cm³/mol. The van der Waals surface area contributed by atoms with Crippen LogP contribution in [0.1, 0.15) is 27.0 Å². The maximum absolute atomic E-state index is 12.4. The molecule has 30 heavy (non-hydrogen) atoms. The van der Waals surface area contributed by atoms with Gasteiger partial charge >= 0.3 is 0 Å². The van der Waals surface area contributed by atoms with Gasteiger partial charge in [0.05, 0.1) is 7.05 Å². The van der Waals surface area contributed by atoms with Crippen LogP contribution in [0.25, 0.3) is 0 Å². The summed E-state index contributed by atoms with van der Waals surface area (Å²) >= 11 is 0. The number of carbonyl (C=O) groups is 2. The zero-order valence-electron chi connectivity index (χ0n) is 17.7. The summed E-state index contributed by atoms with van der Waals surface area (Å²) in [5.41, 5.74) is 5.46. The van der Waals surface area contributed by atoms with Crippen LogP contribution in [0.3, 0.4) is 0 Å². The number of amides is 2. The first kappa shape index (κ1) is 21.3. The first-order valence-electron chi connectivity index (χ1n) is 10.0. The molecule has 0 bridgehead atoms. The van der Waals surface area contributed by atoms with E-state index in [1.165, 1.54) is 0 Å². The number of aryl methyl sites for hydroxylation is 2. The van der Waals surface area contributed by atoms with Gasteiger partial charge in [0.15, 0.2) is 6.54 Å². The number of carbonyl (C=O) groups excluding carboxylic acids is 2. The molecule has 0 saturated carbocycles. The van der Waals surface area contributed by atoms with Crippen molar-refractivity contribution in [3.8, 4) is 0 Å². The number of benzene rings is 3. The normalized spacial score (nSPS) is 11.6. The summed E-state index contributed by atoms with van der Waals surface area (Å²) in [7, 11) is 1.99. The summed E-state index contributed by atoms with van der Waals surface area (Å²) in [6, 6.07) is 22.9. The van der Waals surface area contributed by atoms with Gasteiger partial charge in [-0.1, -0.05) is 48.5 Å². The van der Waals surface area contributed by atoms with Crippen LogP contribution >= 0.6 is 0 Å². The lowest BCUT2D eigenvalue weighted by atomic mass is 10.1. The fourth-order valence-electron chi connectivity index (χ4n) is 3.38. The van der Waals surface area contributed by atoms with Gasteiger partial charge in [-0.25, -0.2) is 0 Å². The zero-order chi connectivity index (χ0) is 21.5. The molecule has 0 aromatic heterocycles. The summed E-state index contributed by atoms with van der Waals surface area (Å²) in [5.74, 6) is -0.148. The first-order valence-corrected chi connectivity index (χ1v) is 10.0. The number of rotatable bonds is 7. The van der Waals surface area contributed by atoms with Crippen LogP contribution in [-0.4, -0.2) is 25.4 Å². The highest BCUT2D eigenvalue weighted by molar-refractivity contribution is 6.04. The molecule has 0 spiro atoms. The number of likely N-dealkylation sites (N-methyl/N-ethyl adjacent to an activating group) is 1. The van der Waals surface area contributed by atoms with E-state index >= 15 is 0 Å². The second kappa shape index (κ2) is 9.85. The monoisotopic (exact) mass is 402 g/mol. The second-order valence-electron chi connectivity index (χ2n) is 7.64. The van der Waals surface area contributed by atoms with Gasteiger partial charge in [-0.2, -0.15) is 0 Å². The average Bonchev–Trinajstić information content (AvgIpc) is 2.72. The zero-order valence-corrected chi connectivity index (χ0v) is 17.7. The Morgan fingerprint density at radius 3 is 2.07 bits per heavy atom. The molecule has 0 saturated heterocycles. The SMILES string of the molecule is Cc1cccc(C)c1NC(=O)C[NH+](C)Cc1ccc(C(=O)Nc2ccccc2)cc1. The van der Waals surface area contributed by atoms with Crippen molar-refractivity contribution in [3.63, 3.8) is 0 Å². The maximum atomic E-state index is 12.4. The Morgan fingerprint density at radius 1 is 0.800 bits per heavy atom. The van der Waals surface area contributed by atoms with Crippen LogP contribution in [-0.2, 0) is 11.3 Å². The van der Waals surface area contributed by atoms with E-state index in [2.05, 4.69) is 10.6 Å². The van der Waals surface area contributed by atoms with Crippen LogP contribution in [0.2, 0.25) is 0 Å². The lowest BCUT2D eigenvalue weighted by molar-refractivity contribution is -0.885. The Bertz CT molecular complexity index is 994. The number of nitrogens with one attached hydrogen (secondary N) is 3. The van der Waals surface area contributed by atoms with Crippen molar-refractivity contribution >= 4 is 23.2 Å². The lowest BCUT2D eigenvalue weighted by Crippen LogP contribution is -3.08. The first-order chi connectivity index (χ1) is 14.4. The molecular formula is C25H28N3O2+. The van der Waals surface area contributed by atoms with Gasteiger partial charge in [0.1, 0.15) is 6.54 Å². The highest BCUT2D eigenvalue weighted by Crippen LogP contribution is 2.18. The third-order valence-electron chi connectivity index (χ3n) is 4.96. The molecule has 0 fully saturated rings.